The summed E-state index contributed by atoms with van der Waals surface area (Å²) in [5.74, 6) is -1.86. The number of ether oxygens (including phenoxy) is 1. The van der Waals surface area contributed by atoms with Crippen LogP contribution < -0.4 is 10.6 Å². The van der Waals surface area contributed by atoms with Gasteiger partial charge in [-0.25, -0.2) is 4.79 Å². The topological polar surface area (TPSA) is 105 Å². The van der Waals surface area contributed by atoms with E-state index in [4.69, 9.17) is 4.74 Å². The lowest BCUT2D eigenvalue weighted by Gasteiger charge is -2.21. The number of hydrogen-bond acceptors (Lipinski definition) is 4. The number of hydrogen-bond donors (Lipinski definition) is 3. The van der Waals surface area contributed by atoms with Crippen molar-refractivity contribution in [3.63, 3.8) is 0 Å². The van der Waals surface area contributed by atoms with E-state index >= 15 is 0 Å². The predicted octanol–water partition coefficient (Wildman–Crippen LogP) is 4.95. The number of carboxylic acids is 1. The van der Waals surface area contributed by atoms with Gasteiger partial charge in [0.25, 0.3) is 0 Å². The van der Waals surface area contributed by atoms with Gasteiger partial charge in [-0.1, -0.05) is 82.1 Å². The maximum absolute atomic E-state index is 12.8. The van der Waals surface area contributed by atoms with Crippen molar-refractivity contribution in [3.8, 4) is 11.1 Å². The molecule has 2 atom stereocenters. The lowest BCUT2D eigenvalue weighted by Crippen LogP contribution is -2.48. The average Bonchev–Trinajstić information content (AvgIpc) is 3.16. The van der Waals surface area contributed by atoms with Crippen LogP contribution in [0.3, 0.4) is 0 Å². The molecule has 0 fully saturated rings. The Labute approximate surface area is 207 Å². The quantitative estimate of drug-likeness (QED) is 0.399. The van der Waals surface area contributed by atoms with Crippen molar-refractivity contribution in [3.05, 3.63) is 59.7 Å². The molecule has 0 heterocycles. The molecule has 3 N–H and O–H groups in total. The highest BCUT2D eigenvalue weighted by molar-refractivity contribution is 5.86. The molecule has 0 saturated heterocycles. The number of carboxylic acid groups (broad SMARTS) is 1. The van der Waals surface area contributed by atoms with E-state index in [0.29, 0.717) is 12.8 Å². The Bertz CT molecular complexity index is 990. The molecule has 0 bridgehead atoms. The van der Waals surface area contributed by atoms with Gasteiger partial charge < -0.3 is 20.5 Å². The molecule has 7 nitrogen and oxygen atoms in total. The monoisotopic (exact) mass is 480 g/mol. The number of carbonyl (C=O) groups excluding carboxylic acids is 2. The maximum atomic E-state index is 12.8. The first-order valence-corrected chi connectivity index (χ1v) is 12.4. The molecule has 0 saturated carbocycles. The molecule has 0 radical (unpaired) electrons. The Morgan fingerprint density at radius 1 is 1.00 bits per heavy atom. The van der Waals surface area contributed by atoms with Gasteiger partial charge >= 0.3 is 12.1 Å². The number of benzene rings is 2. The molecule has 2 aromatic carbocycles. The second-order valence-electron chi connectivity index (χ2n) is 9.57. The fourth-order valence-corrected chi connectivity index (χ4v) is 4.65. The van der Waals surface area contributed by atoms with Crippen LogP contribution in [0.25, 0.3) is 11.1 Å². The molecule has 3 rings (SSSR count). The van der Waals surface area contributed by atoms with Gasteiger partial charge in [0.2, 0.25) is 5.91 Å². The molecular formula is C28H36N2O5. The third-order valence-corrected chi connectivity index (χ3v) is 6.43. The Morgan fingerprint density at radius 2 is 1.60 bits per heavy atom. The number of aliphatic carboxylic acids is 1. The van der Waals surface area contributed by atoms with Crippen molar-refractivity contribution >= 4 is 18.0 Å². The van der Waals surface area contributed by atoms with E-state index < -0.39 is 24.0 Å². The van der Waals surface area contributed by atoms with Crippen molar-refractivity contribution in [2.75, 3.05) is 13.2 Å². The first-order chi connectivity index (χ1) is 16.8. The first-order valence-electron chi connectivity index (χ1n) is 12.4. The summed E-state index contributed by atoms with van der Waals surface area (Å²) < 4.78 is 5.59. The fraction of sp³-hybridized carbons (Fsp3) is 0.464. The highest BCUT2D eigenvalue weighted by Crippen LogP contribution is 2.44. The van der Waals surface area contributed by atoms with Crippen LogP contribution in [-0.2, 0) is 14.3 Å². The van der Waals surface area contributed by atoms with Gasteiger partial charge in [-0.05, 0) is 41.0 Å². The molecular weight excluding hydrogens is 444 g/mol. The molecule has 1 aliphatic rings. The van der Waals surface area contributed by atoms with E-state index in [1.807, 2.05) is 45.0 Å². The number of amides is 2. The number of fused-ring (bicyclic) bond motifs is 3. The van der Waals surface area contributed by atoms with E-state index in [-0.39, 0.29) is 30.9 Å². The molecule has 1 aliphatic carbocycles. The largest absolute Gasteiger partial charge is 0.481 e. The third-order valence-electron chi connectivity index (χ3n) is 6.43. The van der Waals surface area contributed by atoms with Gasteiger partial charge in [0.15, 0.2) is 0 Å². The second-order valence-corrected chi connectivity index (χ2v) is 9.57. The van der Waals surface area contributed by atoms with Crippen LogP contribution in [-0.4, -0.2) is 42.3 Å². The molecule has 0 aliphatic heterocycles. The van der Waals surface area contributed by atoms with Crippen LogP contribution in [0.1, 0.15) is 63.5 Å². The summed E-state index contributed by atoms with van der Waals surface area (Å²) in [7, 11) is 0. The number of unbranched alkanes of at least 4 members (excludes halogenated alkanes) is 1. The van der Waals surface area contributed by atoms with Gasteiger partial charge in [0.1, 0.15) is 12.6 Å². The molecule has 2 aromatic rings. The van der Waals surface area contributed by atoms with E-state index in [9.17, 15) is 19.5 Å². The van der Waals surface area contributed by atoms with Crippen LogP contribution in [0.4, 0.5) is 4.79 Å². The van der Waals surface area contributed by atoms with Crippen molar-refractivity contribution < 1.29 is 24.2 Å². The van der Waals surface area contributed by atoms with Crippen molar-refractivity contribution in [1.29, 1.82) is 0 Å². The zero-order valence-electron chi connectivity index (χ0n) is 20.8. The number of nitrogens with one attached hydrogen (secondary N) is 2. The molecule has 7 heteroatoms. The van der Waals surface area contributed by atoms with E-state index in [1.54, 1.807) is 0 Å². The standard InChI is InChI=1S/C28H36N2O5/c1-4-5-14-25(26(31)29-16-19(27(32)33)15-18(2)3)30-28(34)35-17-24-22-12-8-6-10-20(22)21-11-7-9-13-23(21)24/h6-13,18-19,24-25H,4-5,14-17H2,1-3H3,(H,29,31)(H,30,34)(H,32,33)/t19?,25-/m0/s1. The third kappa shape index (κ3) is 6.84. The number of alkyl carbamates (subject to hydrolysis) is 1. The van der Waals surface area contributed by atoms with E-state index in [1.165, 1.54) is 0 Å². The predicted molar refractivity (Wildman–Crippen MR) is 135 cm³/mol. The van der Waals surface area contributed by atoms with Gasteiger partial charge in [-0.15, -0.1) is 0 Å². The van der Waals surface area contributed by atoms with Crippen molar-refractivity contribution in [2.24, 2.45) is 11.8 Å². The Balaban J connectivity index is 1.60. The average molecular weight is 481 g/mol. The van der Waals surface area contributed by atoms with Gasteiger partial charge in [0, 0.05) is 12.5 Å². The highest BCUT2D eigenvalue weighted by atomic mass is 16.5. The molecule has 35 heavy (non-hydrogen) atoms. The molecule has 0 spiro atoms. The smallest absolute Gasteiger partial charge is 0.407 e. The summed E-state index contributed by atoms with van der Waals surface area (Å²) in [6.45, 7) is 6.09. The Hall–Kier alpha value is -3.35. The minimum absolute atomic E-state index is 0.0291. The van der Waals surface area contributed by atoms with Crippen LogP contribution >= 0.6 is 0 Å². The molecule has 188 valence electrons. The van der Waals surface area contributed by atoms with Gasteiger partial charge in [0.05, 0.1) is 5.92 Å². The lowest BCUT2D eigenvalue weighted by atomic mass is 9.97. The minimum atomic E-state index is -0.936. The Morgan fingerprint density at radius 3 is 2.14 bits per heavy atom. The van der Waals surface area contributed by atoms with E-state index in [2.05, 4.69) is 34.9 Å². The van der Waals surface area contributed by atoms with E-state index in [0.717, 1.165) is 35.1 Å². The molecule has 0 aromatic heterocycles. The lowest BCUT2D eigenvalue weighted by molar-refractivity contribution is -0.142. The fourth-order valence-electron chi connectivity index (χ4n) is 4.65. The number of rotatable bonds is 12. The van der Waals surface area contributed by atoms with Gasteiger partial charge in [-0.2, -0.15) is 0 Å². The summed E-state index contributed by atoms with van der Waals surface area (Å²) in [6.07, 6.45) is 1.88. The number of carbonyl (C=O) groups is 3. The summed E-state index contributed by atoms with van der Waals surface area (Å²) >= 11 is 0. The summed E-state index contributed by atoms with van der Waals surface area (Å²) in [6, 6.07) is 15.4. The highest BCUT2D eigenvalue weighted by Gasteiger charge is 2.30. The zero-order valence-corrected chi connectivity index (χ0v) is 20.8. The minimum Gasteiger partial charge on any atom is -0.481 e. The summed E-state index contributed by atoms with van der Waals surface area (Å²) in [4.78, 5) is 37.0. The SMILES string of the molecule is CCCC[C@H](NC(=O)OCC1c2ccccc2-c2ccccc21)C(=O)NCC(CC(C)C)C(=O)O. The van der Waals surface area contributed by atoms with Crippen molar-refractivity contribution in [1.82, 2.24) is 10.6 Å². The van der Waals surface area contributed by atoms with Crippen LogP contribution in [0.15, 0.2) is 48.5 Å². The van der Waals surface area contributed by atoms with Gasteiger partial charge in [-0.3, -0.25) is 9.59 Å². The Kier molecular flexibility index (Phi) is 9.29. The second kappa shape index (κ2) is 12.4. The van der Waals surface area contributed by atoms with Crippen LogP contribution in [0, 0.1) is 11.8 Å². The summed E-state index contributed by atoms with van der Waals surface area (Å²) in [5, 5.41) is 14.8. The first kappa shape index (κ1) is 26.3. The summed E-state index contributed by atoms with van der Waals surface area (Å²) in [5.41, 5.74) is 4.52. The maximum Gasteiger partial charge on any atom is 0.407 e. The van der Waals surface area contributed by atoms with Crippen LogP contribution in [0.5, 0.6) is 0 Å². The normalized spacial score (nSPS) is 14.1. The van der Waals surface area contributed by atoms with Crippen LogP contribution in [0.2, 0.25) is 0 Å². The molecule has 2 amide bonds. The molecule has 1 unspecified atom stereocenters. The zero-order chi connectivity index (χ0) is 25.4. The van der Waals surface area contributed by atoms with Crippen molar-refractivity contribution in [2.45, 2.75) is 58.4 Å².